The van der Waals surface area contributed by atoms with Crippen LogP contribution in [0.4, 0.5) is 4.79 Å². The number of piperidine rings is 1. The minimum Gasteiger partial charge on any atom is -0.356 e. The zero-order valence-electron chi connectivity index (χ0n) is 16.8. The summed E-state index contributed by atoms with van der Waals surface area (Å²) in [5.41, 5.74) is 1.03. The van der Waals surface area contributed by atoms with Crippen LogP contribution in [0.15, 0.2) is 17.5 Å². The summed E-state index contributed by atoms with van der Waals surface area (Å²) in [7, 11) is 0. The molecule has 1 aliphatic heterocycles. The maximum absolute atomic E-state index is 12.5. The highest BCUT2D eigenvalue weighted by molar-refractivity contribution is 7.16. The van der Waals surface area contributed by atoms with Gasteiger partial charge in [0.1, 0.15) is 0 Å². The van der Waals surface area contributed by atoms with Gasteiger partial charge in [0.15, 0.2) is 0 Å². The maximum Gasteiger partial charge on any atom is 0.317 e. The van der Waals surface area contributed by atoms with E-state index in [1.807, 2.05) is 6.92 Å². The fourth-order valence-corrected chi connectivity index (χ4v) is 5.27. The van der Waals surface area contributed by atoms with Gasteiger partial charge in [-0.25, -0.2) is 9.78 Å². The van der Waals surface area contributed by atoms with Crippen molar-refractivity contribution in [1.82, 2.24) is 20.5 Å². The Hall–Kier alpha value is -1.93. The van der Waals surface area contributed by atoms with Gasteiger partial charge in [0.2, 0.25) is 5.91 Å². The van der Waals surface area contributed by atoms with E-state index in [1.54, 1.807) is 27.6 Å². The van der Waals surface area contributed by atoms with Crippen LogP contribution >= 0.6 is 22.7 Å². The van der Waals surface area contributed by atoms with E-state index in [4.69, 9.17) is 0 Å². The van der Waals surface area contributed by atoms with E-state index in [-0.39, 0.29) is 17.9 Å². The second kappa shape index (κ2) is 9.26. The number of carbonyl (C=O) groups excluding carboxylic acids is 2. The van der Waals surface area contributed by atoms with Crippen LogP contribution in [0.25, 0.3) is 10.6 Å². The van der Waals surface area contributed by atoms with E-state index in [9.17, 15) is 9.59 Å². The number of aromatic nitrogens is 1. The molecule has 1 saturated carbocycles. The first-order valence-electron chi connectivity index (χ1n) is 10.4. The Bertz CT molecular complexity index is 858. The molecule has 8 heteroatoms. The topological polar surface area (TPSA) is 74.3 Å². The van der Waals surface area contributed by atoms with Gasteiger partial charge in [-0.3, -0.25) is 4.79 Å². The van der Waals surface area contributed by atoms with Gasteiger partial charge in [-0.2, -0.15) is 0 Å². The van der Waals surface area contributed by atoms with Crippen molar-refractivity contribution >= 4 is 34.6 Å². The van der Waals surface area contributed by atoms with E-state index in [2.05, 4.69) is 33.1 Å². The number of rotatable bonds is 7. The molecule has 4 rings (SSSR count). The molecule has 0 aromatic carbocycles. The average molecular weight is 433 g/mol. The second-order valence-electron chi connectivity index (χ2n) is 7.97. The van der Waals surface area contributed by atoms with Crippen LogP contribution < -0.4 is 10.6 Å². The molecule has 1 atom stereocenters. The summed E-state index contributed by atoms with van der Waals surface area (Å²) in [6.45, 7) is 4.66. The van der Waals surface area contributed by atoms with Crippen LogP contribution in [0.2, 0.25) is 0 Å². The van der Waals surface area contributed by atoms with Crippen molar-refractivity contribution in [3.8, 4) is 10.6 Å². The molecule has 2 aromatic heterocycles. The summed E-state index contributed by atoms with van der Waals surface area (Å²) in [5, 5.41) is 9.23. The van der Waals surface area contributed by atoms with Gasteiger partial charge in [0.05, 0.1) is 21.5 Å². The summed E-state index contributed by atoms with van der Waals surface area (Å²) in [6, 6.07) is 4.16. The molecule has 3 amide bonds. The number of thiazole rings is 1. The van der Waals surface area contributed by atoms with Crippen molar-refractivity contribution in [2.75, 3.05) is 26.2 Å². The molecule has 1 saturated heterocycles. The van der Waals surface area contributed by atoms with Crippen molar-refractivity contribution < 1.29 is 9.59 Å². The highest BCUT2D eigenvalue weighted by atomic mass is 32.1. The first kappa shape index (κ1) is 20.3. The number of nitrogens with one attached hydrogen (secondary N) is 2. The molecule has 156 valence electrons. The van der Waals surface area contributed by atoms with Crippen LogP contribution in [0.1, 0.15) is 35.6 Å². The monoisotopic (exact) mass is 432 g/mol. The summed E-state index contributed by atoms with van der Waals surface area (Å²) in [6.07, 6.45) is 5.02. The largest absolute Gasteiger partial charge is 0.356 e. The number of amides is 3. The van der Waals surface area contributed by atoms with E-state index in [1.165, 1.54) is 22.6 Å². The molecule has 6 nitrogen and oxygen atoms in total. The Balaban J connectivity index is 1.21. The first-order valence-corrected chi connectivity index (χ1v) is 12.1. The highest BCUT2D eigenvalue weighted by Gasteiger charge is 2.29. The highest BCUT2D eigenvalue weighted by Crippen LogP contribution is 2.29. The molecule has 3 heterocycles. The van der Waals surface area contributed by atoms with Gasteiger partial charge in [0.25, 0.3) is 0 Å². The lowest BCUT2D eigenvalue weighted by atomic mass is 9.97. The lowest BCUT2D eigenvalue weighted by Crippen LogP contribution is -2.49. The van der Waals surface area contributed by atoms with Gasteiger partial charge < -0.3 is 15.5 Å². The molecule has 2 N–H and O–H groups in total. The number of nitrogens with zero attached hydrogens (tertiary/aromatic N) is 2. The normalized spacial score (nSPS) is 19.2. The Kier molecular flexibility index (Phi) is 6.50. The molecule has 2 fully saturated rings. The molecule has 0 spiro atoms. The molecule has 2 aromatic rings. The summed E-state index contributed by atoms with van der Waals surface area (Å²) < 4.78 is 0. The quantitative estimate of drug-likeness (QED) is 0.701. The zero-order chi connectivity index (χ0) is 20.2. The molecule has 1 aliphatic carbocycles. The van der Waals surface area contributed by atoms with E-state index >= 15 is 0 Å². The summed E-state index contributed by atoms with van der Waals surface area (Å²) in [5.74, 6) is 0.715. The molecule has 1 unspecified atom stereocenters. The third-order valence-electron chi connectivity index (χ3n) is 5.52. The maximum atomic E-state index is 12.5. The van der Waals surface area contributed by atoms with Crippen LogP contribution in [0, 0.1) is 18.8 Å². The fourth-order valence-electron chi connectivity index (χ4n) is 3.62. The van der Waals surface area contributed by atoms with Crippen LogP contribution in [0.3, 0.4) is 0 Å². The Morgan fingerprint density at radius 1 is 1.24 bits per heavy atom. The van der Waals surface area contributed by atoms with Gasteiger partial charge in [-0.15, -0.1) is 22.7 Å². The van der Waals surface area contributed by atoms with Gasteiger partial charge in [-0.05, 0) is 57.1 Å². The molecule has 2 aliphatic rings. The van der Waals surface area contributed by atoms with Gasteiger partial charge in [0, 0.05) is 36.4 Å². The van der Waals surface area contributed by atoms with Crippen molar-refractivity contribution in [1.29, 1.82) is 0 Å². The van der Waals surface area contributed by atoms with Gasteiger partial charge >= 0.3 is 6.03 Å². The van der Waals surface area contributed by atoms with E-state index in [0.717, 1.165) is 43.1 Å². The zero-order valence-corrected chi connectivity index (χ0v) is 18.4. The number of hydrogen-bond acceptors (Lipinski definition) is 5. The van der Waals surface area contributed by atoms with Crippen LogP contribution in [-0.4, -0.2) is 48.0 Å². The minimum absolute atomic E-state index is 0.0587. The Morgan fingerprint density at radius 3 is 2.86 bits per heavy atom. The van der Waals surface area contributed by atoms with Crippen molar-refractivity contribution in [2.24, 2.45) is 11.8 Å². The molecule has 0 bridgehead atoms. The number of aryl methyl sites for hydroxylation is 1. The third kappa shape index (κ3) is 5.57. The van der Waals surface area contributed by atoms with Crippen molar-refractivity contribution in [3.63, 3.8) is 0 Å². The minimum atomic E-state index is -0.0744. The number of carbonyl (C=O) groups is 2. The molecule has 0 radical (unpaired) electrons. The average Bonchev–Trinajstić information content (AvgIpc) is 3.27. The predicted octanol–water partition coefficient (Wildman–Crippen LogP) is 3.67. The van der Waals surface area contributed by atoms with E-state index in [0.29, 0.717) is 19.0 Å². The van der Waals surface area contributed by atoms with Gasteiger partial charge in [-0.1, -0.05) is 0 Å². The molecular formula is C21H28N4O2S2. The second-order valence-corrected chi connectivity index (χ2v) is 10.2. The smallest absolute Gasteiger partial charge is 0.317 e. The number of hydrogen-bond donors (Lipinski definition) is 2. The standard InChI is InChI=1S/C21H28N4O2S2/c1-14-24-18(13-28-14)19-7-6-17(29-19)8-9-22-21(27)25-10-2-3-16(12-25)20(26)23-11-15-4-5-15/h6-7,13,15-16H,2-5,8-12H2,1H3,(H,22,27)(H,23,26). The number of urea groups is 1. The van der Waals surface area contributed by atoms with Crippen LogP contribution in [0.5, 0.6) is 0 Å². The summed E-state index contributed by atoms with van der Waals surface area (Å²) in [4.78, 5) is 33.6. The van der Waals surface area contributed by atoms with Crippen LogP contribution in [-0.2, 0) is 11.2 Å². The van der Waals surface area contributed by atoms with E-state index < -0.39 is 0 Å². The van der Waals surface area contributed by atoms with Crippen molar-refractivity contribution in [3.05, 3.63) is 27.4 Å². The third-order valence-corrected chi connectivity index (χ3v) is 7.46. The molecular weight excluding hydrogens is 404 g/mol. The Morgan fingerprint density at radius 2 is 2.10 bits per heavy atom. The lowest BCUT2D eigenvalue weighted by molar-refractivity contribution is -0.126. The molecule has 29 heavy (non-hydrogen) atoms. The number of thiophene rings is 1. The number of likely N-dealkylation sites (tertiary alicyclic amines) is 1. The lowest BCUT2D eigenvalue weighted by Gasteiger charge is -2.32. The first-order chi connectivity index (χ1) is 14.1. The van der Waals surface area contributed by atoms with Crippen molar-refractivity contribution in [2.45, 2.75) is 39.0 Å². The fraction of sp³-hybridized carbons (Fsp3) is 0.571. The predicted molar refractivity (Wildman–Crippen MR) is 117 cm³/mol. The summed E-state index contributed by atoms with van der Waals surface area (Å²) >= 11 is 3.39. The Labute approximate surface area is 179 Å². The SMILES string of the molecule is Cc1nc(-c2ccc(CCNC(=O)N3CCCC(C(=O)NCC4CC4)C3)s2)cs1.